The number of aromatic hydroxyl groups is 1. The predicted molar refractivity (Wildman–Crippen MR) is 72.2 cm³/mol. The molecule has 94 valence electrons. The summed E-state index contributed by atoms with van der Waals surface area (Å²) in [7, 11) is 3.65. The predicted octanol–water partition coefficient (Wildman–Crippen LogP) is 2.61. The van der Waals surface area contributed by atoms with Gasteiger partial charge in [0.25, 0.3) is 0 Å². The van der Waals surface area contributed by atoms with E-state index in [0.29, 0.717) is 0 Å². The summed E-state index contributed by atoms with van der Waals surface area (Å²) in [6.07, 6.45) is -0.594. The average Bonchev–Trinajstić information content (AvgIpc) is 2.38. The summed E-state index contributed by atoms with van der Waals surface area (Å²) in [4.78, 5) is 1.74. The molecule has 0 aliphatic carbocycles. The molecule has 0 radical (unpaired) electrons. The minimum Gasteiger partial charge on any atom is -0.508 e. The topological polar surface area (TPSA) is 43.7 Å². The molecule has 3 heteroatoms. The van der Waals surface area contributed by atoms with Gasteiger partial charge in [-0.3, -0.25) is 4.90 Å². The Kier molecular flexibility index (Phi) is 3.65. The molecule has 0 aromatic heterocycles. The van der Waals surface area contributed by atoms with Crippen LogP contribution in [0.2, 0.25) is 0 Å². The van der Waals surface area contributed by atoms with Crippen LogP contribution in [0.25, 0.3) is 11.1 Å². The first-order valence-corrected chi connectivity index (χ1v) is 5.82. The van der Waals surface area contributed by atoms with Gasteiger partial charge in [0.1, 0.15) is 12.0 Å². The van der Waals surface area contributed by atoms with E-state index in [-0.39, 0.29) is 5.75 Å². The molecule has 1 unspecified atom stereocenters. The Morgan fingerprint density at radius 2 is 1.61 bits per heavy atom. The Morgan fingerprint density at radius 3 is 2.17 bits per heavy atom. The van der Waals surface area contributed by atoms with Crippen molar-refractivity contribution in [3.05, 3.63) is 54.1 Å². The molecule has 0 amide bonds. The van der Waals surface area contributed by atoms with E-state index in [1.54, 1.807) is 17.0 Å². The van der Waals surface area contributed by atoms with Gasteiger partial charge in [0.15, 0.2) is 0 Å². The summed E-state index contributed by atoms with van der Waals surface area (Å²) in [6.45, 7) is 0. The summed E-state index contributed by atoms with van der Waals surface area (Å²) in [5.74, 6) is 0.255. The fourth-order valence-corrected chi connectivity index (χ4v) is 1.83. The molecule has 0 aliphatic heterocycles. The van der Waals surface area contributed by atoms with E-state index in [4.69, 9.17) is 0 Å². The van der Waals surface area contributed by atoms with Crippen molar-refractivity contribution in [2.24, 2.45) is 0 Å². The first-order chi connectivity index (χ1) is 8.58. The van der Waals surface area contributed by atoms with E-state index in [1.807, 2.05) is 50.5 Å². The summed E-state index contributed by atoms with van der Waals surface area (Å²) >= 11 is 0. The van der Waals surface area contributed by atoms with Crippen molar-refractivity contribution < 1.29 is 10.2 Å². The van der Waals surface area contributed by atoms with Gasteiger partial charge in [-0.05, 0) is 42.9 Å². The first-order valence-electron chi connectivity index (χ1n) is 5.82. The van der Waals surface area contributed by atoms with Crippen LogP contribution < -0.4 is 0 Å². The second-order valence-corrected chi connectivity index (χ2v) is 4.51. The molecule has 0 bridgehead atoms. The second-order valence-electron chi connectivity index (χ2n) is 4.51. The standard InChI is InChI=1S/C15H17NO2/c1-16(2)15(18)12-8-6-11(7-9-12)13-4-3-5-14(17)10-13/h3-10,15,17-18H,1-2H3. The van der Waals surface area contributed by atoms with E-state index < -0.39 is 6.23 Å². The third-order valence-corrected chi connectivity index (χ3v) is 2.88. The molecular weight excluding hydrogens is 226 g/mol. The number of rotatable bonds is 3. The maximum atomic E-state index is 9.89. The van der Waals surface area contributed by atoms with Crippen molar-refractivity contribution in [1.82, 2.24) is 4.90 Å². The van der Waals surface area contributed by atoms with Crippen LogP contribution in [-0.4, -0.2) is 29.2 Å². The van der Waals surface area contributed by atoms with Crippen LogP contribution in [0, 0.1) is 0 Å². The molecule has 0 fully saturated rings. The lowest BCUT2D eigenvalue weighted by Crippen LogP contribution is -2.18. The molecule has 2 rings (SSSR count). The van der Waals surface area contributed by atoms with Gasteiger partial charge in [0, 0.05) is 0 Å². The van der Waals surface area contributed by atoms with Gasteiger partial charge in [-0.25, -0.2) is 0 Å². The number of hydrogen-bond acceptors (Lipinski definition) is 3. The summed E-state index contributed by atoms with van der Waals surface area (Å²) < 4.78 is 0. The maximum absolute atomic E-state index is 9.89. The Balaban J connectivity index is 2.28. The zero-order valence-electron chi connectivity index (χ0n) is 10.5. The van der Waals surface area contributed by atoms with Crippen LogP contribution >= 0.6 is 0 Å². The third-order valence-electron chi connectivity index (χ3n) is 2.88. The lowest BCUT2D eigenvalue weighted by atomic mass is 10.0. The van der Waals surface area contributed by atoms with Gasteiger partial charge in [-0.2, -0.15) is 0 Å². The molecule has 2 N–H and O–H groups in total. The van der Waals surface area contributed by atoms with Gasteiger partial charge < -0.3 is 10.2 Å². The molecule has 2 aromatic carbocycles. The number of benzene rings is 2. The molecule has 0 saturated heterocycles. The SMILES string of the molecule is CN(C)C(O)c1ccc(-c2cccc(O)c2)cc1. The van der Waals surface area contributed by atoms with Crippen LogP contribution in [0.1, 0.15) is 11.8 Å². The highest BCUT2D eigenvalue weighted by Crippen LogP contribution is 2.25. The largest absolute Gasteiger partial charge is 0.508 e. The molecule has 1 atom stereocenters. The molecular formula is C15H17NO2. The van der Waals surface area contributed by atoms with Crippen molar-refractivity contribution in [2.45, 2.75) is 6.23 Å². The van der Waals surface area contributed by atoms with Crippen LogP contribution in [0.15, 0.2) is 48.5 Å². The molecule has 0 heterocycles. The zero-order chi connectivity index (χ0) is 13.1. The van der Waals surface area contributed by atoms with Crippen molar-refractivity contribution >= 4 is 0 Å². The Hall–Kier alpha value is -1.84. The number of aliphatic hydroxyl groups is 1. The highest BCUT2D eigenvalue weighted by molar-refractivity contribution is 5.65. The summed E-state index contributed by atoms with van der Waals surface area (Å²) in [5, 5.41) is 19.3. The zero-order valence-corrected chi connectivity index (χ0v) is 10.5. The van der Waals surface area contributed by atoms with E-state index >= 15 is 0 Å². The van der Waals surface area contributed by atoms with Crippen molar-refractivity contribution in [3.63, 3.8) is 0 Å². The fraction of sp³-hybridized carbons (Fsp3) is 0.200. The van der Waals surface area contributed by atoms with Gasteiger partial charge in [-0.15, -0.1) is 0 Å². The molecule has 2 aromatic rings. The smallest absolute Gasteiger partial charge is 0.133 e. The quantitative estimate of drug-likeness (QED) is 0.814. The fourth-order valence-electron chi connectivity index (χ4n) is 1.83. The summed E-state index contributed by atoms with van der Waals surface area (Å²) in [5.41, 5.74) is 2.82. The van der Waals surface area contributed by atoms with Crippen LogP contribution in [0.5, 0.6) is 5.75 Å². The normalized spacial score (nSPS) is 12.7. The summed E-state index contributed by atoms with van der Waals surface area (Å²) in [6, 6.07) is 14.8. The van der Waals surface area contributed by atoms with E-state index in [0.717, 1.165) is 16.7 Å². The maximum Gasteiger partial charge on any atom is 0.133 e. The van der Waals surface area contributed by atoms with Gasteiger partial charge >= 0.3 is 0 Å². The highest BCUT2D eigenvalue weighted by atomic mass is 16.3. The van der Waals surface area contributed by atoms with Crippen molar-refractivity contribution in [1.29, 1.82) is 0 Å². The van der Waals surface area contributed by atoms with Gasteiger partial charge in [0.2, 0.25) is 0 Å². The number of nitrogens with zero attached hydrogens (tertiary/aromatic N) is 1. The van der Waals surface area contributed by atoms with Crippen LogP contribution in [0.4, 0.5) is 0 Å². The monoisotopic (exact) mass is 243 g/mol. The molecule has 0 spiro atoms. The minimum atomic E-state index is -0.594. The molecule has 0 aliphatic rings. The van der Waals surface area contributed by atoms with Gasteiger partial charge in [-0.1, -0.05) is 36.4 Å². The number of aliphatic hydroxyl groups excluding tert-OH is 1. The average molecular weight is 243 g/mol. The number of hydrogen-bond donors (Lipinski definition) is 2. The number of phenols is 1. The molecule has 0 saturated carbocycles. The van der Waals surface area contributed by atoms with E-state index in [2.05, 4.69) is 0 Å². The third kappa shape index (κ3) is 2.70. The molecule has 3 nitrogen and oxygen atoms in total. The van der Waals surface area contributed by atoms with Crippen molar-refractivity contribution in [2.75, 3.05) is 14.1 Å². The number of phenolic OH excluding ortho intramolecular Hbond substituents is 1. The van der Waals surface area contributed by atoms with E-state index in [1.165, 1.54) is 0 Å². The Bertz CT molecular complexity index is 520. The van der Waals surface area contributed by atoms with Crippen molar-refractivity contribution in [3.8, 4) is 16.9 Å². The van der Waals surface area contributed by atoms with Crippen LogP contribution in [-0.2, 0) is 0 Å². The lowest BCUT2D eigenvalue weighted by molar-refractivity contribution is 0.0395. The van der Waals surface area contributed by atoms with E-state index in [9.17, 15) is 10.2 Å². The highest BCUT2D eigenvalue weighted by Gasteiger charge is 2.09. The Labute approximate surface area is 107 Å². The minimum absolute atomic E-state index is 0.255. The lowest BCUT2D eigenvalue weighted by Gasteiger charge is -2.18. The molecule has 18 heavy (non-hydrogen) atoms. The van der Waals surface area contributed by atoms with Gasteiger partial charge in [0.05, 0.1) is 0 Å². The first kappa shape index (κ1) is 12.6. The second kappa shape index (κ2) is 5.21. The van der Waals surface area contributed by atoms with Crippen LogP contribution in [0.3, 0.4) is 0 Å². The Morgan fingerprint density at radius 1 is 0.944 bits per heavy atom.